The van der Waals surface area contributed by atoms with E-state index in [0.29, 0.717) is 10.6 Å². The van der Waals surface area contributed by atoms with Crippen molar-refractivity contribution in [2.75, 3.05) is 0 Å². The van der Waals surface area contributed by atoms with Crippen molar-refractivity contribution in [3.8, 4) is 0 Å². The van der Waals surface area contributed by atoms with Crippen LogP contribution in [0.25, 0.3) is 10.9 Å². The summed E-state index contributed by atoms with van der Waals surface area (Å²) < 4.78 is 1.55. The third kappa shape index (κ3) is 3.07. The van der Waals surface area contributed by atoms with E-state index in [9.17, 15) is 9.59 Å². The van der Waals surface area contributed by atoms with E-state index in [0.717, 1.165) is 16.5 Å². The lowest BCUT2D eigenvalue weighted by atomic mass is 10.2. The number of hydrogen-bond acceptors (Lipinski definition) is 3. The summed E-state index contributed by atoms with van der Waals surface area (Å²) >= 11 is 5.98. The van der Waals surface area contributed by atoms with Gasteiger partial charge in [-0.2, -0.15) is 5.10 Å². The Morgan fingerprint density at radius 2 is 1.83 bits per heavy atom. The molecule has 1 heterocycles. The van der Waals surface area contributed by atoms with Crippen molar-refractivity contribution in [3.05, 3.63) is 70.9 Å². The Bertz CT molecular complexity index is 960. The summed E-state index contributed by atoms with van der Waals surface area (Å²) in [5, 5.41) is 5.21. The van der Waals surface area contributed by atoms with Gasteiger partial charge in [-0.25, -0.2) is 5.43 Å². The highest BCUT2D eigenvalue weighted by atomic mass is 35.5. The van der Waals surface area contributed by atoms with Crippen molar-refractivity contribution in [1.82, 2.24) is 9.99 Å². The zero-order valence-electron chi connectivity index (χ0n) is 12.9. The molecule has 0 aliphatic rings. The number of carbonyl (C=O) groups is 2. The molecule has 0 unspecified atom stereocenters. The van der Waals surface area contributed by atoms with Gasteiger partial charge in [-0.3, -0.25) is 14.2 Å². The molecule has 0 aliphatic heterocycles. The van der Waals surface area contributed by atoms with Crippen molar-refractivity contribution >= 4 is 40.5 Å². The number of nitrogens with zero attached hydrogens (tertiary/aromatic N) is 2. The molecule has 0 saturated carbocycles. The number of nitrogens with one attached hydrogen (secondary N) is 1. The predicted molar refractivity (Wildman–Crippen MR) is 94.8 cm³/mol. The van der Waals surface area contributed by atoms with Gasteiger partial charge in [0, 0.05) is 24.1 Å². The first-order valence-corrected chi connectivity index (χ1v) is 7.64. The number of benzene rings is 2. The molecule has 3 rings (SSSR count). The summed E-state index contributed by atoms with van der Waals surface area (Å²) in [7, 11) is 0. The summed E-state index contributed by atoms with van der Waals surface area (Å²) in [6.07, 6.45) is 3.20. The smallest absolute Gasteiger partial charge is 0.272 e. The van der Waals surface area contributed by atoms with Gasteiger partial charge in [-0.15, -0.1) is 0 Å². The summed E-state index contributed by atoms with van der Waals surface area (Å²) in [6.45, 7) is 1.49. The SMILES string of the molecule is CC(=O)n1cc(/C=N/NC(=O)c2ccccc2Cl)c2ccccc21. The number of para-hydroxylation sites is 1. The third-order valence-corrected chi connectivity index (χ3v) is 3.90. The minimum Gasteiger partial charge on any atom is -0.287 e. The number of carbonyl (C=O) groups excluding carboxylic acids is 2. The Morgan fingerprint density at radius 3 is 2.58 bits per heavy atom. The second kappa shape index (κ2) is 6.68. The fourth-order valence-electron chi connectivity index (χ4n) is 2.44. The van der Waals surface area contributed by atoms with Crippen LogP contribution in [0.1, 0.15) is 27.6 Å². The lowest BCUT2D eigenvalue weighted by Crippen LogP contribution is -2.17. The van der Waals surface area contributed by atoms with Gasteiger partial charge >= 0.3 is 0 Å². The van der Waals surface area contributed by atoms with Crippen LogP contribution < -0.4 is 5.43 Å². The highest BCUT2D eigenvalue weighted by molar-refractivity contribution is 6.33. The molecular formula is C18H14ClN3O2. The molecule has 6 heteroatoms. The molecule has 3 aromatic rings. The standard InChI is InChI=1S/C18H14ClN3O2/c1-12(23)22-11-13(14-6-3-5-9-17(14)22)10-20-21-18(24)15-7-2-4-8-16(15)19/h2-11H,1H3,(H,21,24)/b20-10+. The summed E-state index contributed by atoms with van der Waals surface area (Å²) in [4.78, 5) is 23.8. The minimum absolute atomic E-state index is 0.0917. The first-order chi connectivity index (χ1) is 11.6. The molecular weight excluding hydrogens is 326 g/mol. The predicted octanol–water partition coefficient (Wildman–Crippen LogP) is 3.72. The summed E-state index contributed by atoms with van der Waals surface area (Å²) in [6, 6.07) is 14.2. The van der Waals surface area contributed by atoms with Crippen molar-refractivity contribution in [1.29, 1.82) is 0 Å². The third-order valence-electron chi connectivity index (χ3n) is 3.57. The fraction of sp³-hybridized carbons (Fsp3) is 0.0556. The summed E-state index contributed by atoms with van der Waals surface area (Å²) in [5.41, 5.74) is 4.32. The molecule has 2 aromatic carbocycles. The van der Waals surface area contributed by atoms with Crippen molar-refractivity contribution in [3.63, 3.8) is 0 Å². The van der Waals surface area contributed by atoms with Crippen LogP contribution in [0.15, 0.2) is 59.8 Å². The molecule has 5 nitrogen and oxygen atoms in total. The van der Waals surface area contributed by atoms with Crippen LogP contribution in [0, 0.1) is 0 Å². The maximum absolute atomic E-state index is 12.1. The van der Waals surface area contributed by atoms with Crippen molar-refractivity contribution in [2.45, 2.75) is 6.92 Å². The van der Waals surface area contributed by atoms with Crippen molar-refractivity contribution in [2.24, 2.45) is 5.10 Å². The van der Waals surface area contributed by atoms with E-state index in [4.69, 9.17) is 11.6 Å². The molecule has 0 atom stereocenters. The van der Waals surface area contributed by atoms with E-state index < -0.39 is 5.91 Å². The van der Waals surface area contributed by atoms with E-state index in [1.54, 1.807) is 35.0 Å². The molecule has 0 aliphatic carbocycles. The highest BCUT2D eigenvalue weighted by Crippen LogP contribution is 2.20. The Balaban J connectivity index is 1.85. The number of hydrazone groups is 1. The van der Waals surface area contributed by atoms with Crippen LogP contribution in [0.5, 0.6) is 0 Å². The van der Waals surface area contributed by atoms with Gasteiger partial charge in [-0.05, 0) is 18.2 Å². The molecule has 0 bridgehead atoms. The van der Waals surface area contributed by atoms with Crippen LogP contribution in [0.4, 0.5) is 0 Å². The second-order valence-electron chi connectivity index (χ2n) is 5.17. The van der Waals surface area contributed by atoms with Crippen LogP contribution >= 0.6 is 11.6 Å². The van der Waals surface area contributed by atoms with Crippen LogP contribution in [0.3, 0.4) is 0 Å². The number of fused-ring (bicyclic) bond motifs is 1. The van der Waals surface area contributed by atoms with Crippen LogP contribution in [0.2, 0.25) is 5.02 Å². The number of hydrogen-bond donors (Lipinski definition) is 1. The zero-order valence-corrected chi connectivity index (χ0v) is 13.6. The lowest BCUT2D eigenvalue weighted by molar-refractivity contribution is 0.0937. The maximum Gasteiger partial charge on any atom is 0.272 e. The number of amides is 1. The van der Waals surface area contributed by atoms with E-state index >= 15 is 0 Å². The molecule has 24 heavy (non-hydrogen) atoms. The largest absolute Gasteiger partial charge is 0.287 e. The van der Waals surface area contributed by atoms with Crippen LogP contribution in [-0.2, 0) is 0 Å². The number of rotatable bonds is 3. The average Bonchev–Trinajstić information content (AvgIpc) is 2.94. The first-order valence-electron chi connectivity index (χ1n) is 7.27. The Labute approximate surface area is 143 Å². The van der Waals surface area contributed by atoms with Gasteiger partial charge in [0.25, 0.3) is 5.91 Å². The Morgan fingerprint density at radius 1 is 1.12 bits per heavy atom. The van der Waals surface area contributed by atoms with E-state index in [2.05, 4.69) is 10.5 Å². The topological polar surface area (TPSA) is 63.5 Å². The molecule has 120 valence electrons. The normalized spacial score (nSPS) is 11.1. The highest BCUT2D eigenvalue weighted by Gasteiger charge is 2.10. The molecule has 1 aromatic heterocycles. The van der Waals surface area contributed by atoms with Gasteiger partial charge in [0.2, 0.25) is 5.91 Å². The minimum atomic E-state index is -0.396. The van der Waals surface area contributed by atoms with Crippen molar-refractivity contribution < 1.29 is 9.59 Å². The Hall–Kier alpha value is -2.92. The lowest BCUT2D eigenvalue weighted by Gasteiger charge is -2.01. The molecule has 0 spiro atoms. The van der Waals surface area contributed by atoms with E-state index in [-0.39, 0.29) is 5.91 Å². The van der Waals surface area contributed by atoms with Gasteiger partial charge in [0.1, 0.15) is 0 Å². The molecule has 1 N–H and O–H groups in total. The molecule has 0 radical (unpaired) electrons. The zero-order chi connectivity index (χ0) is 17.1. The molecule has 0 saturated heterocycles. The summed E-state index contributed by atoms with van der Waals surface area (Å²) in [5.74, 6) is -0.488. The van der Waals surface area contributed by atoms with E-state index in [1.807, 2.05) is 24.3 Å². The van der Waals surface area contributed by atoms with Gasteiger partial charge in [-0.1, -0.05) is 41.9 Å². The number of halogens is 1. The monoisotopic (exact) mass is 339 g/mol. The quantitative estimate of drug-likeness (QED) is 0.584. The number of aromatic nitrogens is 1. The Kier molecular flexibility index (Phi) is 4.44. The molecule has 1 amide bonds. The maximum atomic E-state index is 12.1. The molecule has 0 fully saturated rings. The van der Waals surface area contributed by atoms with Crippen LogP contribution in [-0.4, -0.2) is 22.6 Å². The van der Waals surface area contributed by atoms with Gasteiger partial charge in [0.05, 0.1) is 22.3 Å². The van der Waals surface area contributed by atoms with E-state index in [1.165, 1.54) is 13.1 Å². The second-order valence-corrected chi connectivity index (χ2v) is 5.58. The average molecular weight is 340 g/mol. The fourth-order valence-corrected chi connectivity index (χ4v) is 2.66. The van der Waals surface area contributed by atoms with Gasteiger partial charge in [0.15, 0.2) is 0 Å². The van der Waals surface area contributed by atoms with Gasteiger partial charge < -0.3 is 0 Å². The first kappa shape index (κ1) is 16.0.